The minimum atomic E-state index is -1.24. The lowest BCUT2D eigenvalue weighted by atomic mass is 10.00. The Balaban J connectivity index is 1.52. The highest BCUT2D eigenvalue weighted by atomic mass is 35.5. The number of carboxylic acid groups (broad SMARTS) is 1. The number of aromatic nitrogens is 1. The van der Waals surface area contributed by atoms with Crippen molar-refractivity contribution >= 4 is 40.6 Å². The van der Waals surface area contributed by atoms with Crippen LogP contribution in [0.25, 0.3) is 11.1 Å². The SMILES string of the molecule is CC(N)(NC(=O)c1cccc2nc(NCc3ccc(Cl)cc3)oc12)c1ccc(C(=O)O)cc1. The van der Waals surface area contributed by atoms with Gasteiger partial charge in [0.15, 0.2) is 5.58 Å². The summed E-state index contributed by atoms with van der Waals surface area (Å²) >= 11 is 5.91. The van der Waals surface area contributed by atoms with Crippen LogP contribution in [0.1, 0.15) is 38.8 Å². The van der Waals surface area contributed by atoms with E-state index >= 15 is 0 Å². The average Bonchev–Trinajstić information content (AvgIpc) is 3.21. The van der Waals surface area contributed by atoms with Gasteiger partial charge in [0.1, 0.15) is 11.2 Å². The molecule has 5 N–H and O–H groups in total. The molecule has 4 aromatic rings. The van der Waals surface area contributed by atoms with Gasteiger partial charge in [-0.25, -0.2) is 4.79 Å². The highest BCUT2D eigenvalue weighted by molar-refractivity contribution is 6.30. The molecule has 1 heterocycles. The molecule has 168 valence electrons. The average molecular weight is 465 g/mol. The van der Waals surface area contributed by atoms with E-state index in [2.05, 4.69) is 15.6 Å². The molecule has 1 unspecified atom stereocenters. The van der Waals surface area contributed by atoms with Crippen molar-refractivity contribution in [2.75, 3.05) is 5.32 Å². The molecule has 0 radical (unpaired) electrons. The minimum absolute atomic E-state index is 0.130. The standard InChI is InChI=1S/C24H21ClN4O4/c1-24(26,16-9-7-15(8-10-16)22(31)32)29-21(30)18-3-2-4-19-20(18)33-23(28-19)27-13-14-5-11-17(25)12-6-14/h2-12H,13,26H2,1H3,(H,27,28)(H,29,30)(H,31,32). The van der Waals surface area contributed by atoms with Gasteiger partial charge in [-0.1, -0.05) is 41.9 Å². The zero-order chi connectivity index (χ0) is 23.6. The molecule has 0 aliphatic rings. The number of benzene rings is 3. The van der Waals surface area contributed by atoms with E-state index in [0.717, 1.165) is 5.56 Å². The van der Waals surface area contributed by atoms with Crippen LogP contribution in [-0.2, 0) is 12.2 Å². The number of anilines is 1. The fourth-order valence-corrected chi connectivity index (χ4v) is 3.44. The Bertz CT molecular complexity index is 1310. The van der Waals surface area contributed by atoms with Crippen molar-refractivity contribution in [2.45, 2.75) is 19.1 Å². The van der Waals surface area contributed by atoms with Gasteiger partial charge in [0, 0.05) is 11.6 Å². The third-order valence-electron chi connectivity index (χ3n) is 5.12. The van der Waals surface area contributed by atoms with Gasteiger partial charge >= 0.3 is 5.97 Å². The first-order valence-corrected chi connectivity index (χ1v) is 10.4. The highest BCUT2D eigenvalue weighted by Gasteiger charge is 2.26. The second kappa shape index (κ2) is 8.93. The Kier molecular flexibility index (Phi) is 6.04. The number of hydrogen-bond acceptors (Lipinski definition) is 6. The maximum absolute atomic E-state index is 13.0. The lowest BCUT2D eigenvalue weighted by Gasteiger charge is -2.27. The summed E-state index contributed by atoms with van der Waals surface area (Å²) in [5.41, 5.74) is 7.88. The molecule has 0 saturated heterocycles. The predicted molar refractivity (Wildman–Crippen MR) is 125 cm³/mol. The molecule has 33 heavy (non-hydrogen) atoms. The Labute approximate surface area is 194 Å². The van der Waals surface area contributed by atoms with E-state index in [1.54, 1.807) is 49.4 Å². The molecule has 0 spiro atoms. The van der Waals surface area contributed by atoms with Crippen LogP contribution in [0.2, 0.25) is 5.02 Å². The van der Waals surface area contributed by atoms with Crippen molar-refractivity contribution < 1.29 is 19.1 Å². The van der Waals surface area contributed by atoms with Crippen molar-refractivity contribution in [2.24, 2.45) is 5.73 Å². The summed E-state index contributed by atoms with van der Waals surface area (Å²) in [6, 6.07) is 18.7. The van der Waals surface area contributed by atoms with E-state index in [4.69, 9.17) is 26.9 Å². The second-order valence-corrected chi connectivity index (χ2v) is 8.13. The number of hydrogen-bond donors (Lipinski definition) is 4. The number of carbonyl (C=O) groups is 2. The van der Waals surface area contributed by atoms with Gasteiger partial charge in [-0.3, -0.25) is 4.79 Å². The number of aromatic carboxylic acids is 1. The first-order valence-electron chi connectivity index (χ1n) is 10.1. The molecular weight excluding hydrogens is 444 g/mol. The molecule has 0 aliphatic heterocycles. The Morgan fingerprint density at radius 1 is 1.09 bits per heavy atom. The van der Waals surface area contributed by atoms with Gasteiger partial charge in [0.25, 0.3) is 11.9 Å². The van der Waals surface area contributed by atoms with Crippen molar-refractivity contribution in [3.8, 4) is 0 Å². The van der Waals surface area contributed by atoms with Crippen molar-refractivity contribution in [1.29, 1.82) is 0 Å². The molecular formula is C24H21ClN4O4. The number of nitrogens with one attached hydrogen (secondary N) is 2. The van der Waals surface area contributed by atoms with Gasteiger partial charge in [-0.2, -0.15) is 4.98 Å². The number of para-hydroxylation sites is 1. The summed E-state index contributed by atoms with van der Waals surface area (Å²) in [5.74, 6) is -1.49. The quantitative estimate of drug-likeness (QED) is 0.299. The van der Waals surface area contributed by atoms with Gasteiger partial charge in [0.05, 0.1) is 11.1 Å². The molecule has 0 aliphatic carbocycles. The van der Waals surface area contributed by atoms with Crippen LogP contribution in [0.15, 0.2) is 71.1 Å². The Hall–Kier alpha value is -3.88. The lowest BCUT2D eigenvalue weighted by molar-refractivity contribution is 0.0696. The van der Waals surface area contributed by atoms with Crippen LogP contribution < -0.4 is 16.4 Å². The number of carboxylic acids is 1. The molecule has 9 heteroatoms. The van der Waals surface area contributed by atoms with Crippen LogP contribution >= 0.6 is 11.6 Å². The van der Waals surface area contributed by atoms with Gasteiger partial charge in [-0.15, -0.1) is 0 Å². The number of halogens is 1. The zero-order valence-electron chi connectivity index (χ0n) is 17.6. The molecule has 8 nitrogen and oxygen atoms in total. The molecule has 4 rings (SSSR count). The van der Waals surface area contributed by atoms with Crippen molar-refractivity contribution in [1.82, 2.24) is 10.3 Å². The third-order valence-corrected chi connectivity index (χ3v) is 5.37. The fraction of sp³-hybridized carbons (Fsp3) is 0.125. The maximum atomic E-state index is 13.0. The molecule has 1 amide bonds. The summed E-state index contributed by atoms with van der Waals surface area (Å²) < 4.78 is 5.81. The van der Waals surface area contributed by atoms with E-state index < -0.39 is 17.5 Å². The highest BCUT2D eigenvalue weighted by Crippen LogP contribution is 2.25. The summed E-state index contributed by atoms with van der Waals surface area (Å²) in [6.45, 7) is 2.10. The van der Waals surface area contributed by atoms with Crippen LogP contribution in [0.5, 0.6) is 0 Å². The number of rotatable bonds is 7. The van der Waals surface area contributed by atoms with E-state index in [0.29, 0.717) is 28.2 Å². The zero-order valence-corrected chi connectivity index (χ0v) is 18.4. The maximum Gasteiger partial charge on any atom is 0.335 e. The minimum Gasteiger partial charge on any atom is -0.478 e. The number of carbonyl (C=O) groups excluding carboxylic acids is 1. The first kappa shape index (κ1) is 22.3. The van der Waals surface area contributed by atoms with E-state index in [1.165, 1.54) is 12.1 Å². The molecule has 0 saturated carbocycles. The summed E-state index contributed by atoms with van der Waals surface area (Å²) in [7, 11) is 0. The topological polar surface area (TPSA) is 130 Å². The molecule has 3 aromatic carbocycles. The third kappa shape index (κ3) is 4.97. The largest absolute Gasteiger partial charge is 0.478 e. The van der Waals surface area contributed by atoms with E-state index in [-0.39, 0.29) is 17.1 Å². The smallest absolute Gasteiger partial charge is 0.335 e. The molecule has 0 fully saturated rings. The Morgan fingerprint density at radius 2 is 1.79 bits per heavy atom. The summed E-state index contributed by atoms with van der Waals surface area (Å²) in [5, 5.41) is 15.6. The number of nitrogens with zero attached hydrogens (tertiary/aromatic N) is 1. The summed E-state index contributed by atoms with van der Waals surface area (Å²) in [6.07, 6.45) is 0. The van der Waals surface area contributed by atoms with Gasteiger partial charge in [0.2, 0.25) is 0 Å². The number of amides is 1. The van der Waals surface area contributed by atoms with E-state index in [9.17, 15) is 9.59 Å². The first-order chi connectivity index (χ1) is 15.7. The lowest BCUT2D eigenvalue weighted by Crippen LogP contribution is -2.50. The number of nitrogens with two attached hydrogens (primary N) is 1. The van der Waals surface area contributed by atoms with Crippen LogP contribution in [0.4, 0.5) is 6.01 Å². The van der Waals surface area contributed by atoms with Crippen LogP contribution in [0, 0.1) is 0 Å². The second-order valence-electron chi connectivity index (χ2n) is 7.69. The van der Waals surface area contributed by atoms with E-state index in [1.807, 2.05) is 12.1 Å². The summed E-state index contributed by atoms with van der Waals surface area (Å²) in [4.78, 5) is 28.5. The number of fused-ring (bicyclic) bond motifs is 1. The molecule has 1 aromatic heterocycles. The predicted octanol–water partition coefficient (Wildman–Crippen LogP) is 4.35. The molecule has 0 bridgehead atoms. The Morgan fingerprint density at radius 3 is 2.45 bits per heavy atom. The van der Waals surface area contributed by atoms with Crippen LogP contribution in [0.3, 0.4) is 0 Å². The van der Waals surface area contributed by atoms with Crippen LogP contribution in [-0.4, -0.2) is 22.0 Å². The molecule has 1 atom stereocenters. The van der Waals surface area contributed by atoms with Crippen molar-refractivity contribution in [3.05, 3.63) is 94.0 Å². The monoisotopic (exact) mass is 464 g/mol. The van der Waals surface area contributed by atoms with Gasteiger partial charge in [-0.05, 0) is 54.4 Å². The fourth-order valence-electron chi connectivity index (χ4n) is 3.32. The van der Waals surface area contributed by atoms with Crippen molar-refractivity contribution in [3.63, 3.8) is 0 Å². The van der Waals surface area contributed by atoms with Gasteiger partial charge < -0.3 is 25.9 Å². The normalized spacial score (nSPS) is 12.8. The number of oxazole rings is 1.